The average Bonchev–Trinajstić information content (AvgIpc) is 2.44. The number of carbonyl (C=O) groups excluding carboxylic acids is 1. The number of carbonyl (C=O) groups is 2. The summed E-state index contributed by atoms with van der Waals surface area (Å²) in [6.45, 7) is 5.57. The van der Waals surface area contributed by atoms with E-state index < -0.39 is 11.5 Å². The van der Waals surface area contributed by atoms with E-state index >= 15 is 0 Å². The summed E-state index contributed by atoms with van der Waals surface area (Å²) >= 11 is 0. The number of ether oxygens (including phenoxy) is 1. The molecule has 2 atom stereocenters. The van der Waals surface area contributed by atoms with Crippen molar-refractivity contribution in [1.29, 1.82) is 0 Å². The van der Waals surface area contributed by atoms with Crippen LogP contribution in [0, 0.1) is 0 Å². The molecule has 2 unspecified atom stereocenters. The van der Waals surface area contributed by atoms with E-state index in [2.05, 4.69) is 11.9 Å². The third-order valence-electron chi connectivity index (χ3n) is 3.36. The summed E-state index contributed by atoms with van der Waals surface area (Å²) in [7, 11) is 1.47. The van der Waals surface area contributed by atoms with Crippen LogP contribution in [0.15, 0.2) is 43.0 Å². The summed E-state index contributed by atoms with van der Waals surface area (Å²) in [5.74, 6) is -1.32. The van der Waals surface area contributed by atoms with E-state index in [1.54, 1.807) is 13.0 Å². The van der Waals surface area contributed by atoms with Crippen molar-refractivity contribution in [1.82, 2.24) is 5.32 Å². The van der Waals surface area contributed by atoms with Gasteiger partial charge in [-0.15, -0.1) is 6.58 Å². The number of methoxy groups -OCH3 is 1. The molecule has 0 radical (unpaired) electrons. The highest BCUT2D eigenvalue weighted by atomic mass is 16.5. The summed E-state index contributed by atoms with van der Waals surface area (Å²) < 4.78 is 5.03. The highest BCUT2D eigenvalue weighted by Gasteiger charge is 2.30. The van der Waals surface area contributed by atoms with Gasteiger partial charge in [-0.05, 0) is 12.5 Å². The highest BCUT2D eigenvalue weighted by Crippen LogP contribution is 2.21. The molecule has 0 saturated carbocycles. The number of hydrogen-bond donors (Lipinski definition) is 2. The number of rotatable bonds is 9. The van der Waals surface area contributed by atoms with Crippen molar-refractivity contribution < 1.29 is 19.4 Å². The Morgan fingerprint density at radius 2 is 2.05 bits per heavy atom. The molecule has 1 aromatic rings. The van der Waals surface area contributed by atoms with Gasteiger partial charge < -0.3 is 15.2 Å². The Balaban J connectivity index is 2.73. The fourth-order valence-corrected chi connectivity index (χ4v) is 2.41. The first-order chi connectivity index (χ1) is 10.4. The normalized spacial score (nSPS) is 14.6. The Morgan fingerprint density at radius 1 is 1.41 bits per heavy atom. The third-order valence-corrected chi connectivity index (χ3v) is 3.36. The molecule has 0 saturated heterocycles. The van der Waals surface area contributed by atoms with E-state index in [1.807, 2.05) is 30.3 Å². The minimum atomic E-state index is -0.983. The van der Waals surface area contributed by atoms with Crippen LogP contribution in [0.25, 0.3) is 0 Å². The highest BCUT2D eigenvalue weighted by molar-refractivity contribution is 5.79. The minimum Gasteiger partial charge on any atom is -0.481 e. The molecule has 0 aliphatic carbocycles. The van der Waals surface area contributed by atoms with Crippen molar-refractivity contribution in [3.8, 4) is 0 Å². The molecule has 2 N–H and O–H groups in total. The van der Waals surface area contributed by atoms with Crippen molar-refractivity contribution in [3.05, 3.63) is 48.6 Å². The monoisotopic (exact) mass is 305 g/mol. The van der Waals surface area contributed by atoms with Gasteiger partial charge in [0.2, 0.25) is 5.91 Å². The Morgan fingerprint density at radius 3 is 2.55 bits per heavy atom. The number of hydrogen-bond acceptors (Lipinski definition) is 3. The number of nitrogens with one attached hydrogen (secondary N) is 1. The smallest absolute Gasteiger partial charge is 0.305 e. The fourth-order valence-electron chi connectivity index (χ4n) is 2.41. The predicted octanol–water partition coefficient (Wildman–Crippen LogP) is 2.34. The Labute approximate surface area is 131 Å². The Kier molecular flexibility index (Phi) is 6.79. The number of benzene rings is 1. The van der Waals surface area contributed by atoms with Gasteiger partial charge in [0.25, 0.3) is 0 Å². The van der Waals surface area contributed by atoms with Crippen LogP contribution in [0.4, 0.5) is 0 Å². The second-order valence-electron chi connectivity index (χ2n) is 5.57. The van der Waals surface area contributed by atoms with Gasteiger partial charge in [-0.3, -0.25) is 9.59 Å². The molecule has 0 aliphatic heterocycles. The van der Waals surface area contributed by atoms with Gasteiger partial charge >= 0.3 is 5.97 Å². The molecule has 1 amide bonds. The summed E-state index contributed by atoms with van der Waals surface area (Å²) in [6, 6.07) is 9.59. The molecular weight excluding hydrogens is 282 g/mol. The van der Waals surface area contributed by atoms with Crippen molar-refractivity contribution in [2.24, 2.45) is 0 Å². The van der Waals surface area contributed by atoms with Crippen LogP contribution in [0.5, 0.6) is 0 Å². The molecule has 120 valence electrons. The van der Waals surface area contributed by atoms with Gasteiger partial charge in [-0.2, -0.15) is 0 Å². The van der Waals surface area contributed by atoms with Crippen LogP contribution >= 0.6 is 0 Å². The zero-order chi connectivity index (χ0) is 16.6. The van der Waals surface area contributed by atoms with Crippen molar-refractivity contribution in [2.75, 3.05) is 13.7 Å². The maximum absolute atomic E-state index is 12.3. The average molecular weight is 305 g/mol. The molecule has 5 heteroatoms. The van der Waals surface area contributed by atoms with Crippen molar-refractivity contribution >= 4 is 11.9 Å². The molecular formula is C17H23NO4. The summed E-state index contributed by atoms with van der Waals surface area (Å²) in [5, 5.41) is 11.7. The van der Waals surface area contributed by atoms with Crippen LogP contribution in [0.3, 0.4) is 0 Å². The molecule has 5 nitrogen and oxygen atoms in total. The molecule has 1 aromatic carbocycles. The van der Waals surface area contributed by atoms with Crippen LogP contribution in [-0.4, -0.2) is 36.2 Å². The van der Waals surface area contributed by atoms with E-state index in [0.717, 1.165) is 5.56 Å². The third kappa shape index (κ3) is 5.69. The lowest BCUT2D eigenvalue weighted by Gasteiger charge is -2.29. The van der Waals surface area contributed by atoms with E-state index in [-0.39, 0.29) is 31.3 Å². The van der Waals surface area contributed by atoms with Crippen LogP contribution in [0.1, 0.15) is 31.2 Å². The first-order valence-electron chi connectivity index (χ1n) is 7.09. The van der Waals surface area contributed by atoms with Gasteiger partial charge in [0, 0.05) is 19.4 Å². The van der Waals surface area contributed by atoms with Gasteiger partial charge in [-0.1, -0.05) is 36.4 Å². The molecule has 0 aromatic heterocycles. The zero-order valence-corrected chi connectivity index (χ0v) is 13.0. The second kappa shape index (κ2) is 8.34. The van der Waals surface area contributed by atoms with E-state index in [4.69, 9.17) is 9.84 Å². The van der Waals surface area contributed by atoms with Crippen molar-refractivity contribution in [2.45, 2.75) is 31.2 Å². The number of allylic oxidation sites excluding steroid dienone is 1. The molecule has 0 fully saturated rings. The van der Waals surface area contributed by atoms with Crippen LogP contribution in [-0.2, 0) is 14.3 Å². The standard InChI is InChI=1S/C17H23NO4/c1-4-13(14-8-6-5-7-9-14)10-15(19)18-17(2,12-22-3)11-16(20)21/h4-9,13H,1,10-12H2,2-3H3,(H,18,19)(H,20,21). The van der Waals surface area contributed by atoms with Crippen LogP contribution in [0.2, 0.25) is 0 Å². The SMILES string of the molecule is C=CC(CC(=O)NC(C)(COC)CC(=O)O)c1ccccc1. The van der Waals surface area contributed by atoms with Gasteiger partial charge in [0.05, 0.1) is 18.6 Å². The molecule has 0 bridgehead atoms. The molecule has 0 heterocycles. The number of amides is 1. The first kappa shape index (κ1) is 17.9. The summed E-state index contributed by atoms with van der Waals surface area (Å²) in [4.78, 5) is 23.2. The zero-order valence-electron chi connectivity index (χ0n) is 13.0. The summed E-state index contributed by atoms with van der Waals surface area (Å²) in [6.07, 6.45) is 1.74. The first-order valence-corrected chi connectivity index (χ1v) is 7.09. The quantitative estimate of drug-likeness (QED) is 0.687. The van der Waals surface area contributed by atoms with Gasteiger partial charge in [0.1, 0.15) is 0 Å². The second-order valence-corrected chi connectivity index (χ2v) is 5.57. The number of aliphatic carboxylic acids is 1. The largest absolute Gasteiger partial charge is 0.481 e. The topological polar surface area (TPSA) is 75.6 Å². The fraction of sp³-hybridized carbons (Fsp3) is 0.412. The lowest BCUT2D eigenvalue weighted by molar-refractivity contribution is -0.139. The molecule has 0 aliphatic rings. The lowest BCUT2D eigenvalue weighted by atomic mass is 9.93. The van der Waals surface area contributed by atoms with Gasteiger partial charge in [-0.25, -0.2) is 0 Å². The maximum atomic E-state index is 12.3. The van der Waals surface area contributed by atoms with E-state index in [1.165, 1.54) is 7.11 Å². The molecule has 22 heavy (non-hydrogen) atoms. The number of carboxylic acid groups (broad SMARTS) is 1. The van der Waals surface area contributed by atoms with Gasteiger partial charge in [0.15, 0.2) is 0 Å². The number of carboxylic acids is 1. The minimum absolute atomic E-state index is 0.113. The molecule has 1 rings (SSSR count). The summed E-state index contributed by atoms with van der Waals surface area (Å²) in [5.41, 5.74) is 0.0689. The van der Waals surface area contributed by atoms with E-state index in [0.29, 0.717) is 0 Å². The molecule has 0 spiro atoms. The lowest BCUT2D eigenvalue weighted by Crippen LogP contribution is -2.51. The Bertz CT molecular complexity index is 515. The Hall–Kier alpha value is -2.14. The van der Waals surface area contributed by atoms with Crippen molar-refractivity contribution in [3.63, 3.8) is 0 Å². The van der Waals surface area contributed by atoms with Crippen LogP contribution < -0.4 is 5.32 Å². The maximum Gasteiger partial charge on any atom is 0.305 e. The van der Waals surface area contributed by atoms with E-state index in [9.17, 15) is 9.59 Å². The predicted molar refractivity (Wildman–Crippen MR) is 84.7 cm³/mol.